The summed E-state index contributed by atoms with van der Waals surface area (Å²) in [5, 5.41) is 9.47. The molecule has 4 unspecified atom stereocenters. The Morgan fingerprint density at radius 2 is 0.696 bits per heavy atom. The van der Waals surface area contributed by atoms with E-state index in [1.165, 1.54) is 40.5 Å². The minimum absolute atomic E-state index is 0.278. The van der Waals surface area contributed by atoms with E-state index in [9.17, 15) is 0 Å². The SMILES string of the molecule is c1ccc(P(c2ccccc2)C2CC3CC3(P(c3ccccc3)c3ccccc3)C(P(c3ccccc3)c3ccccc3)C2)cc1. The van der Waals surface area contributed by atoms with Gasteiger partial charge in [-0.1, -0.05) is 182 Å². The van der Waals surface area contributed by atoms with Crippen molar-refractivity contribution < 1.29 is 0 Å². The molecule has 2 saturated carbocycles. The Labute approximate surface area is 278 Å². The number of benzene rings is 6. The highest BCUT2D eigenvalue weighted by Crippen LogP contribution is 2.78. The first-order chi connectivity index (χ1) is 22.8. The van der Waals surface area contributed by atoms with Gasteiger partial charge in [-0.15, -0.1) is 0 Å². The predicted octanol–water partition coefficient (Wildman–Crippen LogP) is 8.67. The minimum Gasteiger partial charge on any atom is -0.0622 e. The maximum atomic E-state index is 2.43. The third-order valence-electron chi connectivity index (χ3n) is 10.0. The van der Waals surface area contributed by atoms with Gasteiger partial charge in [0, 0.05) is 5.16 Å². The van der Waals surface area contributed by atoms with Gasteiger partial charge in [0.1, 0.15) is 0 Å². The second-order valence-corrected chi connectivity index (χ2v) is 20.1. The summed E-state index contributed by atoms with van der Waals surface area (Å²) in [4.78, 5) is 0. The number of hydrogen-bond acceptors (Lipinski definition) is 0. The Morgan fingerprint density at radius 3 is 1.07 bits per heavy atom. The van der Waals surface area contributed by atoms with Gasteiger partial charge in [-0.05, 0) is 92.1 Å². The molecule has 0 bridgehead atoms. The molecule has 2 aliphatic rings. The van der Waals surface area contributed by atoms with Crippen LogP contribution in [-0.2, 0) is 0 Å². The molecule has 0 aromatic heterocycles. The van der Waals surface area contributed by atoms with Gasteiger partial charge >= 0.3 is 0 Å². The second-order valence-electron chi connectivity index (χ2n) is 12.6. The summed E-state index contributed by atoms with van der Waals surface area (Å²) in [5.41, 5.74) is 1.23. The van der Waals surface area contributed by atoms with Crippen LogP contribution in [0.4, 0.5) is 0 Å². The number of rotatable bonds is 9. The van der Waals surface area contributed by atoms with Gasteiger partial charge in [0.05, 0.1) is 0 Å². The van der Waals surface area contributed by atoms with Gasteiger partial charge < -0.3 is 0 Å². The van der Waals surface area contributed by atoms with E-state index < -0.39 is 23.8 Å². The molecule has 6 aromatic carbocycles. The molecule has 8 rings (SSSR count). The molecule has 46 heavy (non-hydrogen) atoms. The average Bonchev–Trinajstić information content (AvgIpc) is 3.86. The Balaban J connectivity index is 1.32. The lowest BCUT2D eigenvalue weighted by molar-refractivity contribution is 0.518. The highest BCUT2D eigenvalue weighted by Gasteiger charge is 2.68. The van der Waals surface area contributed by atoms with Gasteiger partial charge in [-0.2, -0.15) is 0 Å². The highest BCUT2D eigenvalue weighted by molar-refractivity contribution is 7.78. The molecular formula is C43H39P3. The normalized spacial score (nSPS) is 22.1. The van der Waals surface area contributed by atoms with Crippen molar-refractivity contribution in [3.05, 3.63) is 182 Å². The van der Waals surface area contributed by atoms with Gasteiger partial charge in [-0.3, -0.25) is 0 Å². The summed E-state index contributed by atoms with van der Waals surface area (Å²) < 4.78 is 0. The molecule has 0 nitrogen and oxygen atoms in total. The molecule has 0 saturated heterocycles. The Kier molecular flexibility index (Phi) is 8.72. The molecule has 0 N–H and O–H groups in total. The fourth-order valence-electron chi connectivity index (χ4n) is 8.10. The predicted molar refractivity (Wildman–Crippen MR) is 205 cm³/mol. The van der Waals surface area contributed by atoms with E-state index in [0.717, 1.165) is 5.92 Å². The molecule has 6 aromatic rings. The lowest BCUT2D eigenvalue weighted by Gasteiger charge is -2.47. The first-order valence-corrected chi connectivity index (χ1v) is 20.7. The Morgan fingerprint density at radius 1 is 0.370 bits per heavy atom. The molecule has 3 heteroatoms. The van der Waals surface area contributed by atoms with Crippen LogP contribution in [0.3, 0.4) is 0 Å². The molecule has 226 valence electrons. The summed E-state index contributed by atoms with van der Waals surface area (Å²) >= 11 is 0. The van der Waals surface area contributed by atoms with E-state index in [0.29, 0.717) is 11.3 Å². The fourth-order valence-corrected chi connectivity index (χ4v) is 18.7. The third kappa shape index (κ3) is 5.71. The van der Waals surface area contributed by atoms with Gasteiger partial charge in [0.2, 0.25) is 0 Å². The van der Waals surface area contributed by atoms with E-state index in [1.54, 1.807) is 10.6 Å². The van der Waals surface area contributed by atoms with Crippen LogP contribution in [0, 0.1) is 5.92 Å². The zero-order valence-corrected chi connectivity index (χ0v) is 28.7. The zero-order valence-electron chi connectivity index (χ0n) is 26.0. The van der Waals surface area contributed by atoms with Gasteiger partial charge in [0.15, 0.2) is 0 Å². The van der Waals surface area contributed by atoms with Crippen LogP contribution in [0.15, 0.2) is 182 Å². The molecule has 2 fully saturated rings. The van der Waals surface area contributed by atoms with E-state index >= 15 is 0 Å². The largest absolute Gasteiger partial charge is 0.0622 e. The van der Waals surface area contributed by atoms with Crippen molar-refractivity contribution in [2.24, 2.45) is 5.92 Å². The van der Waals surface area contributed by atoms with Crippen LogP contribution >= 0.6 is 23.8 Å². The van der Waals surface area contributed by atoms with E-state index in [2.05, 4.69) is 182 Å². The topological polar surface area (TPSA) is 0 Å². The standard InChI is InChI=1S/C43H39P3/c1-7-19-35(20-8-1)44(36-21-9-2-10-22-36)41-31-34-33-43(34,46(39-27-15-5-16-28-39)40-29-17-6-18-30-40)42(32-41)45(37-23-11-3-12-24-37)38-25-13-4-14-26-38/h1-30,34,41-42H,31-33H2. The maximum absolute atomic E-state index is 2.43. The molecule has 2 aliphatic carbocycles. The average molecular weight is 649 g/mol. The smallest absolute Gasteiger partial charge is 0.00910 e. The summed E-state index contributed by atoms with van der Waals surface area (Å²) in [6.07, 6.45) is 3.91. The van der Waals surface area contributed by atoms with Gasteiger partial charge in [-0.25, -0.2) is 0 Å². The molecule has 0 aliphatic heterocycles. The molecule has 4 atom stereocenters. The van der Waals surface area contributed by atoms with Crippen molar-refractivity contribution in [3.8, 4) is 0 Å². The first-order valence-electron chi connectivity index (χ1n) is 16.5. The van der Waals surface area contributed by atoms with Crippen LogP contribution in [0.2, 0.25) is 0 Å². The van der Waals surface area contributed by atoms with Crippen molar-refractivity contribution in [2.75, 3.05) is 0 Å². The fraction of sp³-hybridized carbons (Fsp3) is 0.163. The summed E-state index contributed by atoms with van der Waals surface area (Å²) in [7, 11) is -1.63. The van der Waals surface area contributed by atoms with Crippen LogP contribution in [0.25, 0.3) is 0 Å². The van der Waals surface area contributed by atoms with E-state index in [1.807, 2.05) is 0 Å². The summed E-state index contributed by atoms with van der Waals surface area (Å²) in [6.45, 7) is 0. The quantitative estimate of drug-likeness (QED) is 0.138. The Hall–Kier alpha value is -3.39. The Bertz CT molecular complexity index is 1710. The van der Waals surface area contributed by atoms with E-state index in [4.69, 9.17) is 0 Å². The first kappa shape index (κ1) is 30.0. The molecule has 0 heterocycles. The monoisotopic (exact) mass is 648 g/mol. The van der Waals surface area contributed by atoms with Crippen molar-refractivity contribution in [1.82, 2.24) is 0 Å². The number of fused-ring (bicyclic) bond motifs is 1. The van der Waals surface area contributed by atoms with E-state index in [-0.39, 0.29) is 5.16 Å². The minimum atomic E-state index is -0.591. The molecular weight excluding hydrogens is 609 g/mol. The molecule has 0 spiro atoms. The lowest BCUT2D eigenvalue weighted by Crippen LogP contribution is -2.44. The van der Waals surface area contributed by atoms with Crippen molar-refractivity contribution in [1.29, 1.82) is 0 Å². The van der Waals surface area contributed by atoms with Crippen LogP contribution in [-0.4, -0.2) is 16.5 Å². The number of hydrogen-bond donors (Lipinski definition) is 0. The van der Waals surface area contributed by atoms with Crippen molar-refractivity contribution >= 4 is 55.6 Å². The maximum Gasteiger partial charge on any atom is 0.00910 e. The lowest BCUT2D eigenvalue weighted by atomic mass is 9.99. The summed E-state index contributed by atoms with van der Waals surface area (Å²) in [5.74, 6) is 0.720. The second kappa shape index (κ2) is 13.4. The third-order valence-corrected chi connectivity index (χ3v) is 19.4. The van der Waals surface area contributed by atoms with Crippen LogP contribution in [0.1, 0.15) is 19.3 Å². The highest BCUT2D eigenvalue weighted by atomic mass is 31.1. The van der Waals surface area contributed by atoms with Gasteiger partial charge in [0.25, 0.3) is 0 Å². The summed E-state index contributed by atoms with van der Waals surface area (Å²) in [6, 6.07) is 69.3. The zero-order chi connectivity index (χ0) is 30.8. The van der Waals surface area contributed by atoms with Crippen LogP contribution < -0.4 is 31.8 Å². The van der Waals surface area contributed by atoms with Crippen molar-refractivity contribution in [3.63, 3.8) is 0 Å². The van der Waals surface area contributed by atoms with Crippen LogP contribution in [0.5, 0.6) is 0 Å². The molecule has 0 radical (unpaired) electrons. The molecule has 0 amide bonds. The van der Waals surface area contributed by atoms with Crippen molar-refractivity contribution in [2.45, 2.75) is 35.7 Å².